The molecule has 2 N–H and O–H groups in total. The molecule has 0 heterocycles. The predicted molar refractivity (Wildman–Crippen MR) is 114 cm³/mol. The Labute approximate surface area is 167 Å². The van der Waals surface area contributed by atoms with Gasteiger partial charge < -0.3 is 24.8 Å². The number of nitrogens with zero attached hydrogens (tertiary/aromatic N) is 2. The van der Waals surface area contributed by atoms with Crippen molar-refractivity contribution in [3.05, 3.63) is 30.4 Å². The molecule has 142 valence electrons. The lowest BCUT2D eigenvalue weighted by Crippen LogP contribution is -2.39. The number of methoxy groups -OCH3 is 2. The SMILES string of the molecule is C=CCCCN(C)C(=NCc1cc(OC)c(O)c(OC)c1)NCC.I. The molecule has 1 aromatic rings. The minimum absolute atomic E-state index is 0. The summed E-state index contributed by atoms with van der Waals surface area (Å²) in [5.74, 6) is 1.60. The minimum Gasteiger partial charge on any atom is -0.502 e. The highest BCUT2D eigenvalue weighted by molar-refractivity contribution is 14.0. The maximum absolute atomic E-state index is 9.97. The number of ether oxygens (including phenoxy) is 2. The molecule has 0 aliphatic carbocycles. The normalized spacial score (nSPS) is 10.6. The molecule has 0 spiro atoms. The molecule has 0 atom stereocenters. The maximum atomic E-state index is 9.97. The zero-order valence-corrected chi connectivity index (χ0v) is 17.9. The maximum Gasteiger partial charge on any atom is 0.200 e. The van der Waals surface area contributed by atoms with E-state index in [2.05, 4.69) is 21.8 Å². The number of phenols is 1. The monoisotopic (exact) mass is 463 g/mol. The van der Waals surface area contributed by atoms with Gasteiger partial charge in [-0.3, -0.25) is 0 Å². The highest BCUT2D eigenvalue weighted by Crippen LogP contribution is 2.37. The second-order valence-corrected chi connectivity index (χ2v) is 5.37. The average molecular weight is 463 g/mol. The Bertz CT molecular complexity index is 539. The number of unbranched alkanes of at least 4 members (excludes halogenated alkanes) is 1. The van der Waals surface area contributed by atoms with Crippen molar-refractivity contribution >= 4 is 29.9 Å². The van der Waals surface area contributed by atoms with Crippen molar-refractivity contribution in [3.8, 4) is 17.2 Å². The zero-order valence-electron chi connectivity index (χ0n) is 15.5. The second-order valence-electron chi connectivity index (χ2n) is 5.37. The summed E-state index contributed by atoms with van der Waals surface area (Å²) in [6.45, 7) is 7.95. The van der Waals surface area contributed by atoms with E-state index < -0.39 is 0 Å². The fourth-order valence-electron chi connectivity index (χ4n) is 2.25. The number of benzene rings is 1. The Balaban J connectivity index is 0.00000576. The lowest BCUT2D eigenvalue weighted by atomic mass is 10.2. The van der Waals surface area contributed by atoms with Crippen molar-refractivity contribution in [1.82, 2.24) is 10.2 Å². The molecule has 0 unspecified atom stereocenters. The Morgan fingerprint density at radius 1 is 1.32 bits per heavy atom. The number of allylic oxidation sites excluding steroid dienone is 1. The summed E-state index contributed by atoms with van der Waals surface area (Å²) in [4.78, 5) is 6.75. The van der Waals surface area contributed by atoms with Crippen LogP contribution in [-0.2, 0) is 6.54 Å². The van der Waals surface area contributed by atoms with Crippen LogP contribution in [0.5, 0.6) is 17.2 Å². The number of aromatic hydroxyl groups is 1. The van der Waals surface area contributed by atoms with Gasteiger partial charge in [0.15, 0.2) is 17.5 Å². The molecule has 7 heteroatoms. The average Bonchev–Trinajstić information content (AvgIpc) is 2.59. The van der Waals surface area contributed by atoms with Gasteiger partial charge in [0.25, 0.3) is 0 Å². The Morgan fingerprint density at radius 2 is 1.92 bits per heavy atom. The van der Waals surface area contributed by atoms with Gasteiger partial charge in [0.1, 0.15) is 0 Å². The number of aliphatic imine (C=N–C) groups is 1. The van der Waals surface area contributed by atoms with Gasteiger partial charge in [-0.05, 0) is 37.5 Å². The van der Waals surface area contributed by atoms with Crippen LogP contribution in [0.1, 0.15) is 25.3 Å². The predicted octanol–water partition coefficient (Wildman–Crippen LogP) is 3.39. The van der Waals surface area contributed by atoms with Crippen LogP contribution in [0.3, 0.4) is 0 Å². The van der Waals surface area contributed by atoms with Crippen LogP contribution in [0, 0.1) is 0 Å². The van der Waals surface area contributed by atoms with Crippen LogP contribution < -0.4 is 14.8 Å². The van der Waals surface area contributed by atoms with Crippen LogP contribution in [0.4, 0.5) is 0 Å². The van der Waals surface area contributed by atoms with E-state index in [-0.39, 0.29) is 29.7 Å². The number of halogens is 1. The van der Waals surface area contributed by atoms with Gasteiger partial charge in [0, 0.05) is 20.1 Å². The third-order valence-corrected chi connectivity index (χ3v) is 3.55. The first kappa shape index (κ1) is 23.4. The fraction of sp³-hybridized carbons (Fsp3) is 0.500. The molecular weight excluding hydrogens is 433 g/mol. The Morgan fingerprint density at radius 3 is 2.40 bits per heavy atom. The van der Waals surface area contributed by atoms with E-state index in [4.69, 9.17) is 9.47 Å². The van der Waals surface area contributed by atoms with Crippen molar-refractivity contribution < 1.29 is 14.6 Å². The van der Waals surface area contributed by atoms with E-state index >= 15 is 0 Å². The summed E-state index contributed by atoms with van der Waals surface area (Å²) < 4.78 is 10.4. The van der Waals surface area contributed by atoms with Gasteiger partial charge >= 0.3 is 0 Å². The van der Waals surface area contributed by atoms with Crippen molar-refractivity contribution in [2.75, 3.05) is 34.4 Å². The summed E-state index contributed by atoms with van der Waals surface area (Å²) >= 11 is 0. The van der Waals surface area contributed by atoms with Crippen molar-refractivity contribution in [2.24, 2.45) is 4.99 Å². The van der Waals surface area contributed by atoms with E-state index in [9.17, 15) is 5.11 Å². The lowest BCUT2D eigenvalue weighted by Gasteiger charge is -2.22. The van der Waals surface area contributed by atoms with Gasteiger partial charge in [-0.15, -0.1) is 30.6 Å². The minimum atomic E-state index is 0. The number of hydrogen-bond donors (Lipinski definition) is 2. The van der Waals surface area contributed by atoms with Crippen molar-refractivity contribution in [3.63, 3.8) is 0 Å². The molecule has 6 nitrogen and oxygen atoms in total. The second kappa shape index (κ2) is 12.7. The van der Waals surface area contributed by atoms with Gasteiger partial charge in [-0.1, -0.05) is 6.08 Å². The van der Waals surface area contributed by atoms with Crippen LogP contribution >= 0.6 is 24.0 Å². The summed E-state index contributed by atoms with van der Waals surface area (Å²) in [7, 11) is 5.04. The van der Waals surface area contributed by atoms with Crippen molar-refractivity contribution in [2.45, 2.75) is 26.3 Å². The van der Waals surface area contributed by atoms with Crippen LogP contribution in [0.15, 0.2) is 29.8 Å². The quantitative estimate of drug-likeness (QED) is 0.193. The molecule has 0 saturated heterocycles. The van der Waals surface area contributed by atoms with E-state index in [0.29, 0.717) is 18.0 Å². The molecule has 0 saturated carbocycles. The van der Waals surface area contributed by atoms with E-state index in [0.717, 1.165) is 37.5 Å². The molecule has 0 aliphatic heterocycles. The smallest absolute Gasteiger partial charge is 0.200 e. The molecule has 0 radical (unpaired) electrons. The number of nitrogens with one attached hydrogen (secondary N) is 1. The Kier molecular flexibility index (Phi) is 11.9. The first-order valence-electron chi connectivity index (χ1n) is 8.11. The van der Waals surface area contributed by atoms with Crippen LogP contribution in [0.2, 0.25) is 0 Å². The molecule has 1 aromatic carbocycles. The molecule has 25 heavy (non-hydrogen) atoms. The first-order chi connectivity index (χ1) is 11.6. The lowest BCUT2D eigenvalue weighted by molar-refractivity contribution is 0.339. The van der Waals surface area contributed by atoms with Crippen LogP contribution in [-0.4, -0.2) is 50.3 Å². The summed E-state index contributed by atoms with van der Waals surface area (Å²) in [6, 6.07) is 3.53. The highest BCUT2D eigenvalue weighted by atomic mass is 127. The summed E-state index contributed by atoms with van der Waals surface area (Å²) in [5.41, 5.74) is 0.899. The zero-order chi connectivity index (χ0) is 17.9. The van der Waals surface area contributed by atoms with E-state index in [1.165, 1.54) is 14.2 Å². The molecule has 0 aromatic heterocycles. The molecule has 1 rings (SSSR count). The first-order valence-corrected chi connectivity index (χ1v) is 8.11. The topological polar surface area (TPSA) is 66.3 Å². The molecular formula is C18H30IN3O3. The molecule has 0 amide bonds. The molecule has 0 bridgehead atoms. The molecule has 0 fully saturated rings. The van der Waals surface area contributed by atoms with E-state index in [1.807, 2.05) is 20.0 Å². The summed E-state index contributed by atoms with van der Waals surface area (Å²) in [5, 5.41) is 13.3. The summed E-state index contributed by atoms with van der Waals surface area (Å²) in [6.07, 6.45) is 3.94. The van der Waals surface area contributed by atoms with Gasteiger partial charge in [0.2, 0.25) is 5.75 Å². The number of hydrogen-bond acceptors (Lipinski definition) is 4. The van der Waals surface area contributed by atoms with Gasteiger partial charge in [0.05, 0.1) is 20.8 Å². The van der Waals surface area contributed by atoms with Crippen molar-refractivity contribution in [1.29, 1.82) is 0 Å². The third kappa shape index (κ3) is 7.41. The number of phenolic OH excluding ortho intramolecular Hbond substituents is 1. The van der Waals surface area contributed by atoms with E-state index in [1.54, 1.807) is 12.1 Å². The largest absolute Gasteiger partial charge is 0.502 e. The molecule has 0 aliphatic rings. The third-order valence-electron chi connectivity index (χ3n) is 3.55. The van der Waals surface area contributed by atoms with Crippen LogP contribution in [0.25, 0.3) is 0 Å². The fourth-order valence-corrected chi connectivity index (χ4v) is 2.25. The number of rotatable bonds is 9. The van der Waals surface area contributed by atoms with Gasteiger partial charge in [-0.25, -0.2) is 4.99 Å². The Hall–Kier alpha value is -1.64. The standard InChI is InChI=1S/C18H29N3O3.HI/c1-6-8-9-10-21(3)18(19-7-2)20-13-14-11-15(23-4)17(22)16(12-14)24-5;/h6,11-12,22H,1,7-10,13H2,2-5H3,(H,19,20);1H. The number of guanidine groups is 1. The highest BCUT2D eigenvalue weighted by Gasteiger charge is 2.11. The van der Waals surface area contributed by atoms with Gasteiger partial charge in [-0.2, -0.15) is 0 Å².